The van der Waals surface area contributed by atoms with Crippen LogP contribution >= 0.6 is 50.1 Å². The molecule has 0 heterocycles. The quantitative estimate of drug-likeness (QED) is 0.279. The van der Waals surface area contributed by atoms with Crippen LogP contribution in [0.3, 0.4) is 0 Å². The van der Waals surface area contributed by atoms with Gasteiger partial charge in [0.1, 0.15) is 0 Å². The highest BCUT2D eigenvalue weighted by molar-refractivity contribution is 14.1. The molecule has 0 radical (unpaired) electrons. The van der Waals surface area contributed by atoms with E-state index >= 15 is 0 Å². The van der Waals surface area contributed by atoms with Crippen molar-refractivity contribution in [1.29, 1.82) is 0 Å². The van der Waals surface area contributed by atoms with Gasteiger partial charge in [-0.05, 0) is 39.8 Å². The lowest BCUT2D eigenvalue weighted by Crippen LogP contribution is -2.25. The van der Waals surface area contributed by atoms with Crippen LogP contribution in [0.4, 0.5) is 0 Å². The summed E-state index contributed by atoms with van der Waals surface area (Å²) < 4.78 is 0.684. The molecule has 0 N–H and O–H groups in total. The first-order valence-electron chi connectivity index (χ1n) is 6.24. The number of allylic oxidation sites excluding steroid dienone is 2. The fourth-order valence-corrected chi connectivity index (χ4v) is 2.65. The summed E-state index contributed by atoms with van der Waals surface area (Å²) in [6.45, 7) is 5.47. The number of nitrogens with zero attached hydrogens (tertiary/aromatic N) is 1. The molecule has 0 aliphatic rings. The van der Waals surface area contributed by atoms with E-state index < -0.39 is 0 Å². The summed E-state index contributed by atoms with van der Waals surface area (Å²) >= 11 is 12.0. The van der Waals surface area contributed by atoms with Crippen molar-refractivity contribution in [2.45, 2.75) is 34.9 Å². The van der Waals surface area contributed by atoms with Crippen molar-refractivity contribution in [2.75, 3.05) is 20.6 Å². The van der Waals surface area contributed by atoms with Crippen molar-refractivity contribution in [2.24, 2.45) is 5.92 Å². The molecule has 0 rings (SSSR count). The molecule has 0 aromatic heterocycles. The Morgan fingerprint density at radius 1 is 1.39 bits per heavy atom. The SMILES string of the molecule is CCC(C)(Br)C(I)/C=C\CC(/C=C\Cl)CN(C)C. The van der Waals surface area contributed by atoms with Crippen molar-refractivity contribution < 1.29 is 0 Å². The minimum atomic E-state index is 0.184. The summed E-state index contributed by atoms with van der Waals surface area (Å²) in [5.41, 5.74) is 1.63. The maximum Gasteiger partial charge on any atom is 0.0440 e. The third-order valence-corrected chi connectivity index (χ3v) is 6.80. The largest absolute Gasteiger partial charge is 0.309 e. The van der Waals surface area contributed by atoms with Crippen LogP contribution in [0.15, 0.2) is 23.8 Å². The zero-order chi connectivity index (χ0) is 14.2. The summed E-state index contributed by atoms with van der Waals surface area (Å²) in [7, 11) is 4.18. The predicted octanol–water partition coefficient (Wildman–Crippen LogP) is 5.23. The van der Waals surface area contributed by atoms with Gasteiger partial charge in [-0.2, -0.15) is 0 Å². The van der Waals surface area contributed by atoms with E-state index in [4.69, 9.17) is 11.6 Å². The molecule has 0 spiro atoms. The first-order valence-corrected chi connectivity index (χ1v) is 8.72. The minimum absolute atomic E-state index is 0.184. The molecular formula is C14H24BrClIN. The number of rotatable bonds is 8. The lowest BCUT2D eigenvalue weighted by molar-refractivity contribution is 0.360. The predicted molar refractivity (Wildman–Crippen MR) is 96.2 cm³/mol. The summed E-state index contributed by atoms with van der Waals surface area (Å²) in [6.07, 6.45) is 8.80. The zero-order valence-electron chi connectivity index (χ0n) is 11.7. The number of halogens is 3. The van der Waals surface area contributed by atoms with Crippen molar-refractivity contribution in [3.05, 3.63) is 23.8 Å². The summed E-state index contributed by atoms with van der Waals surface area (Å²) in [6, 6.07) is 0. The topological polar surface area (TPSA) is 3.24 Å². The Bertz CT molecular complexity index is 277. The molecule has 18 heavy (non-hydrogen) atoms. The average molecular weight is 449 g/mol. The highest BCUT2D eigenvalue weighted by Gasteiger charge is 2.24. The van der Waals surface area contributed by atoms with Crippen molar-refractivity contribution in [3.63, 3.8) is 0 Å². The Kier molecular flexibility index (Phi) is 10.3. The van der Waals surface area contributed by atoms with Crippen molar-refractivity contribution in [3.8, 4) is 0 Å². The van der Waals surface area contributed by atoms with Gasteiger partial charge in [0.15, 0.2) is 0 Å². The van der Waals surface area contributed by atoms with E-state index in [1.54, 1.807) is 5.54 Å². The monoisotopic (exact) mass is 447 g/mol. The average Bonchev–Trinajstić information content (AvgIpc) is 2.28. The summed E-state index contributed by atoms with van der Waals surface area (Å²) in [5.74, 6) is 0.487. The zero-order valence-corrected chi connectivity index (χ0v) is 16.2. The van der Waals surface area contributed by atoms with Gasteiger partial charge in [0.25, 0.3) is 0 Å². The highest BCUT2D eigenvalue weighted by Crippen LogP contribution is 2.32. The van der Waals surface area contributed by atoms with Crippen LogP contribution in [-0.2, 0) is 0 Å². The van der Waals surface area contributed by atoms with E-state index in [0.717, 1.165) is 19.4 Å². The highest BCUT2D eigenvalue weighted by atomic mass is 127. The van der Waals surface area contributed by atoms with Gasteiger partial charge in [0.05, 0.1) is 0 Å². The van der Waals surface area contributed by atoms with Crippen LogP contribution in [0.1, 0.15) is 26.7 Å². The molecule has 0 amide bonds. The standard InChI is InChI=1S/C14H24BrClIN/c1-5-14(2,15)13(17)8-6-7-12(9-10-16)11-18(3)4/h6,8-10,12-13H,5,7,11H2,1-4H3/b8-6-,10-9-. The molecule has 3 atom stereocenters. The molecule has 0 aromatic carbocycles. The lowest BCUT2D eigenvalue weighted by atomic mass is 10.0. The van der Waals surface area contributed by atoms with E-state index in [1.165, 1.54) is 0 Å². The smallest absolute Gasteiger partial charge is 0.0440 e. The van der Waals surface area contributed by atoms with E-state index in [0.29, 0.717) is 9.84 Å². The second kappa shape index (κ2) is 9.78. The molecule has 0 aliphatic carbocycles. The second-order valence-electron chi connectivity index (χ2n) is 5.04. The third kappa shape index (κ3) is 8.18. The first-order chi connectivity index (χ1) is 8.33. The van der Waals surface area contributed by atoms with Crippen LogP contribution in [0, 0.1) is 5.92 Å². The maximum absolute atomic E-state index is 5.68. The Morgan fingerprint density at radius 2 is 2.00 bits per heavy atom. The van der Waals surface area contributed by atoms with E-state index in [-0.39, 0.29) is 4.32 Å². The van der Waals surface area contributed by atoms with Crippen molar-refractivity contribution in [1.82, 2.24) is 4.90 Å². The van der Waals surface area contributed by atoms with Gasteiger partial charge in [0, 0.05) is 20.3 Å². The Morgan fingerprint density at radius 3 is 2.44 bits per heavy atom. The van der Waals surface area contributed by atoms with Crippen LogP contribution in [0.2, 0.25) is 0 Å². The number of hydrogen-bond donors (Lipinski definition) is 0. The van der Waals surface area contributed by atoms with E-state index in [9.17, 15) is 0 Å². The van der Waals surface area contributed by atoms with Gasteiger partial charge >= 0.3 is 0 Å². The fourth-order valence-electron chi connectivity index (χ4n) is 1.55. The van der Waals surface area contributed by atoms with Gasteiger partial charge < -0.3 is 4.90 Å². The molecule has 1 nitrogen and oxygen atoms in total. The van der Waals surface area contributed by atoms with Crippen LogP contribution in [0.25, 0.3) is 0 Å². The number of hydrogen-bond acceptors (Lipinski definition) is 1. The van der Waals surface area contributed by atoms with Gasteiger partial charge in [-0.15, -0.1) is 0 Å². The Balaban J connectivity index is 4.34. The molecule has 0 aliphatic heterocycles. The Labute approximate surface area is 139 Å². The third-order valence-electron chi connectivity index (χ3n) is 2.95. The van der Waals surface area contributed by atoms with Gasteiger partial charge in [-0.25, -0.2) is 0 Å². The Hall–Kier alpha value is 0.940. The summed E-state index contributed by atoms with van der Waals surface area (Å²) in [4.78, 5) is 2.19. The van der Waals surface area contributed by atoms with E-state index in [2.05, 4.69) is 89.6 Å². The molecule has 0 saturated heterocycles. The first kappa shape index (κ1) is 18.9. The van der Waals surface area contributed by atoms with E-state index in [1.807, 2.05) is 0 Å². The molecular weight excluding hydrogens is 424 g/mol. The molecule has 106 valence electrons. The number of alkyl halides is 2. The molecule has 0 bridgehead atoms. The lowest BCUT2D eigenvalue weighted by Gasteiger charge is -2.24. The van der Waals surface area contributed by atoms with Crippen LogP contribution < -0.4 is 0 Å². The molecule has 0 fully saturated rings. The molecule has 4 heteroatoms. The minimum Gasteiger partial charge on any atom is -0.309 e. The molecule has 0 saturated carbocycles. The molecule has 3 unspecified atom stereocenters. The van der Waals surface area contributed by atoms with Gasteiger partial charge in [0.2, 0.25) is 0 Å². The van der Waals surface area contributed by atoms with Gasteiger partial charge in [-0.3, -0.25) is 0 Å². The van der Waals surface area contributed by atoms with Crippen molar-refractivity contribution >= 4 is 50.1 Å². The van der Waals surface area contributed by atoms with Crippen LogP contribution in [0.5, 0.6) is 0 Å². The second-order valence-corrected chi connectivity index (χ2v) is 8.44. The maximum atomic E-state index is 5.68. The summed E-state index contributed by atoms with van der Waals surface area (Å²) in [5, 5.41) is 0. The normalized spacial score (nSPS) is 19.6. The van der Waals surface area contributed by atoms with Gasteiger partial charge in [-0.1, -0.05) is 75.3 Å². The fraction of sp³-hybridized carbons (Fsp3) is 0.714. The van der Waals surface area contributed by atoms with Crippen LogP contribution in [-0.4, -0.2) is 33.8 Å². The molecule has 0 aromatic rings.